The number of benzene rings is 1. The van der Waals surface area contributed by atoms with Gasteiger partial charge in [-0.3, -0.25) is 4.79 Å². The Morgan fingerprint density at radius 3 is 3.05 bits per heavy atom. The number of fused-ring (bicyclic) bond motifs is 1. The Balaban J connectivity index is 0.00000176. The number of amides is 1. The van der Waals surface area contributed by atoms with Crippen LogP contribution < -0.4 is 20.3 Å². The van der Waals surface area contributed by atoms with Crippen LogP contribution in [0.15, 0.2) is 18.2 Å². The molecule has 122 valence electrons. The zero-order valence-corrected chi connectivity index (χ0v) is 13.9. The van der Waals surface area contributed by atoms with E-state index in [1.807, 2.05) is 25.2 Å². The van der Waals surface area contributed by atoms with Crippen LogP contribution in [-0.4, -0.2) is 38.7 Å². The van der Waals surface area contributed by atoms with Gasteiger partial charge in [-0.15, -0.1) is 12.4 Å². The maximum Gasteiger partial charge on any atom is 0.227 e. The van der Waals surface area contributed by atoms with Crippen LogP contribution in [0.1, 0.15) is 19.8 Å². The molecule has 1 aromatic rings. The number of halogens is 1. The summed E-state index contributed by atoms with van der Waals surface area (Å²) in [7, 11) is 2.04. The minimum atomic E-state index is 0. The molecule has 1 amide bonds. The lowest BCUT2D eigenvalue weighted by Gasteiger charge is -2.29. The van der Waals surface area contributed by atoms with Crippen LogP contribution in [0.2, 0.25) is 0 Å². The first-order valence-electron chi connectivity index (χ1n) is 7.66. The third-order valence-corrected chi connectivity index (χ3v) is 4.32. The molecule has 0 aliphatic carbocycles. The minimum Gasteiger partial charge on any atom is -0.490 e. The maximum atomic E-state index is 12.4. The molecule has 1 fully saturated rings. The van der Waals surface area contributed by atoms with E-state index in [0.717, 1.165) is 43.1 Å². The lowest BCUT2D eigenvalue weighted by atomic mass is 9.92. The fourth-order valence-electron chi connectivity index (χ4n) is 3.04. The number of nitrogens with one attached hydrogen (secondary N) is 2. The van der Waals surface area contributed by atoms with Gasteiger partial charge in [0.05, 0.1) is 12.2 Å². The van der Waals surface area contributed by atoms with Gasteiger partial charge in [-0.2, -0.15) is 0 Å². The van der Waals surface area contributed by atoms with Crippen LogP contribution in [0, 0.1) is 5.92 Å². The van der Waals surface area contributed by atoms with Crippen LogP contribution in [0.3, 0.4) is 0 Å². The second-order valence-corrected chi connectivity index (χ2v) is 6.02. The summed E-state index contributed by atoms with van der Waals surface area (Å²) in [5.74, 6) is 1.12. The number of rotatable bonds is 2. The molecule has 0 radical (unpaired) electrons. The molecule has 2 heterocycles. The van der Waals surface area contributed by atoms with Gasteiger partial charge in [-0.25, -0.2) is 0 Å². The van der Waals surface area contributed by atoms with Crippen molar-refractivity contribution in [1.82, 2.24) is 5.32 Å². The van der Waals surface area contributed by atoms with Gasteiger partial charge in [0.1, 0.15) is 12.4 Å². The average Bonchev–Trinajstić information content (AvgIpc) is 2.48. The van der Waals surface area contributed by atoms with E-state index in [9.17, 15) is 4.79 Å². The molecule has 0 aromatic heterocycles. The molecular weight excluding hydrogens is 302 g/mol. The van der Waals surface area contributed by atoms with Crippen LogP contribution in [-0.2, 0) is 4.79 Å². The molecule has 5 nitrogen and oxygen atoms in total. The van der Waals surface area contributed by atoms with E-state index in [-0.39, 0.29) is 24.2 Å². The third kappa shape index (κ3) is 3.65. The van der Waals surface area contributed by atoms with E-state index < -0.39 is 0 Å². The summed E-state index contributed by atoms with van der Waals surface area (Å²) >= 11 is 0. The standard InChI is InChI=1S/C16H23N3O2.ClH/c1-11-9-12(5-6-17-11)16(20)18-13-3-4-15-14(10-13)19(2)7-8-21-15;/h3-4,10-12,17H,5-9H2,1-2H3,(H,18,20);1H/t11-,12-;/m0./s1. The molecule has 2 aliphatic rings. The quantitative estimate of drug-likeness (QED) is 0.876. The lowest BCUT2D eigenvalue weighted by molar-refractivity contribution is -0.120. The van der Waals surface area contributed by atoms with E-state index in [0.29, 0.717) is 12.6 Å². The molecule has 0 unspecified atom stereocenters. The Hall–Kier alpha value is -1.46. The molecule has 2 atom stereocenters. The van der Waals surface area contributed by atoms with Gasteiger partial charge >= 0.3 is 0 Å². The summed E-state index contributed by atoms with van der Waals surface area (Å²) in [6.07, 6.45) is 1.81. The first-order valence-corrected chi connectivity index (χ1v) is 7.66. The molecule has 2 N–H and O–H groups in total. The van der Waals surface area contributed by atoms with Gasteiger partial charge in [0.25, 0.3) is 0 Å². The molecule has 0 bridgehead atoms. The number of anilines is 2. The van der Waals surface area contributed by atoms with Crippen molar-refractivity contribution in [3.05, 3.63) is 18.2 Å². The maximum absolute atomic E-state index is 12.4. The number of hydrogen-bond acceptors (Lipinski definition) is 4. The highest BCUT2D eigenvalue weighted by Crippen LogP contribution is 2.33. The summed E-state index contributed by atoms with van der Waals surface area (Å²) in [5.41, 5.74) is 1.89. The first-order chi connectivity index (χ1) is 10.1. The Morgan fingerprint density at radius 2 is 2.27 bits per heavy atom. The van der Waals surface area contributed by atoms with Crippen molar-refractivity contribution < 1.29 is 9.53 Å². The summed E-state index contributed by atoms with van der Waals surface area (Å²) in [4.78, 5) is 14.5. The third-order valence-electron chi connectivity index (χ3n) is 4.32. The Kier molecular flexibility index (Phi) is 5.53. The SMILES string of the molecule is C[C@H]1C[C@@H](C(=O)Nc2ccc3c(c2)N(C)CCO3)CCN1.Cl. The monoisotopic (exact) mass is 325 g/mol. The van der Waals surface area contributed by atoms with Gasteiger partial charge in [-0.1, -0.05) is 0 Å². The fraction of sp³-hybridized carbons (Fsp3) is 0.562. The molecule has 6 heteroatoms. The molecular formula is C16H24ClN3O2. The summed E-state index contributed by atoms with van der Waals surface area (Å²) in [5, 5.41) is 6.43. The average molecular weight is 326 g/mol. The number of hydrogen-bond donors (Lipinski definition) is 2. The van der Waals surface area contributed by atoms with E-state index in [4.69, 9.17) is 4.74 Å². The number of piperidine rings is 1. The van der Waals surface area contributed by atoms with Crippen molar-refractivity contribution in [2.24, 2.45) is 5.92 Å². The highest BCUT2D eigenvalue weighted by molar-refractivity contribution is 5.93. The lowest BCUT2D eigenvalue weighted by Crippen LogP contribution is -2.40. The van der Waals surface area contributed by atoms with E-state index >= 15 is 0 Å². The zero-order valence-electron chi connectivity index (χ0n) is 13.1. The number of ether oxygens (including phenoxy) is 1. The van der Waals surface area contributed by atoms with Gasteiger partial charge in [-0.05, 0) is 44.5 Å². The number of nitrogens with zero attached hydrogens (tertiary/aromatic N) is 1. The second kappa shape index (κ2) is 7.20. The van der Waals surface area contributed by atoms with E-state index in [2.05, 4.69) is 22.5 Å². The molecule has 2 aliphatic heterocycles. The zero-order chi connectivity index (χ0) is 14.8. The Labute approximate surface area is 137 Å². The Morgan fingerprint density at radius 1 is 1.45 bits per heavy atom. The van der Waals surface area contributed by atoms with Gasteiger partial charge in [0.2, 0.25) is 5.91 Å². The van der Waals surface area contributed by atoms with Gasteiger partial charge < -0.3 is 20.3 Å². The second-order valence-electron chi connectivity index (χ2n) is 6.02. The normalized spacial score (nSPS) is 23.8. The van der Waals surface area contributed by atoms with Crippen molar-refractivity contribution in [2.75, 3.05) is 37.0 Å². The minimum absolute atomic E-state index is 0. The van der Waals surface area contributed by atoms with Gasteiger partial charge in [0.15, 0.2) is 0 Å². The molecule has 0 saturated carbocycles. The van der Waals surface area contributed by atoms with Crippen LogP contribution in [0.25, 0.3) is 0 Å². The van der Waals surface area contributed by atoms with Crippen molar-refractivity contribution >= 4 is 29.7 Å². The summed E-state index contributed by atoms with van der Waals surface area (Å²) < 4.78 is 5.62. The van der Waals surface area contributed by atoms with Crippen molar-refractivity contribution in [1.29, 1.82) is 0 Å². The van der Waals surface area contributed by atoms with E-state index in [1.54, 1.807) is 0 Å². The molecule has 22 heavy (non-hydrogen) atoms. The molecule has 1 aromatic carbocycles. The van der Waals surface area contributed by atoms with E-state index in [1.165, 1.54) is 0 Å². The smallest absolute Gasteiger partial charge is 0.227 e. The van der Waals surface area contributed by atoms with Crippen molar-refractivity contribution in [3.8, 4) is 5.75 Å². The van der Waals surface area contributed by atoms with Crippen molar-refractivity contribution in [2.45, 2.75) is 25.8 Å². The van der Waals surface area contributed by atoms with Gasteiger partial charge in [0, 0.05) is 24.7 Å². The van der Waals surface area contributed by atoms with Crippen molar-refractivity contribution in [3.63, 3.8) is 0 Å². The molecule has 0 spiro atoms. The van der Waals surface area contributed by atoms with Crippen LogP contribution in [0.5, 0.6) is 5.75 Å². The number of carbonyl (C=O) groups excluding carboxylic acids is 1. The topological polar surface area (TPSA) is 53.6 Å². The molecule has 1 saturated heterocycles. The largest absolute Gasteiger partial charge is 0.490 e. The number of carbonyl (C=O) groups is 1. The first kappa shape index (κ1) is 16.9. The highest BCUT2D eigenvalue weighted by Gasteiger charge is 2.25. The Bertz CT molecular complexity index is 538. The predicted molar refractivity (Wildman–Crippen MR) is 91.3 cm³/mol. The fourth-order valence-corrected chi connectivity index (χ4v) is 3.04. The molecule has 3 rings (SSSR count). The summed E-state index contributed by atoms with van der Waals surface area (Å²) in [6.45, 7) is 4.63. The van der Waals surface area contributed by atoms with Crippen LogP contribution >= 0.6 is 12.4 Å². The number of likely N-dealkylation sites (N-methyl/N-ethyl adjacent to an activating group) is 1. The highest BCUT2D eigenvalue weighted by atomic mass is 35.5. The summed E-state index contributed by atoms with van der Waals surface area (Å²) in [6, 6.07) is 6.26. The van der Waals surface area contributed by atoms with Crippen LogP contribution in [0.4, 0.5) is 11.4 Å². The predicted octanol–water partition coefficient (Wildman–Crippen LogP) is 2.26.